The van der Waals surface area contributed by atoms with Gasteiger partial charge in [0.05, 0.1) is 0 Å². The number of allylic oxidation sites excluding steroid dienone is 1. The van der Waals surface area contributed by atoms with Crippen LogP contribution in [0.25, 0.3) is 0 Å². The van der Waals surface area contributed by atoms with E-state index in [0.29, 0.717) is 18.2 Å². The van der Waals surface area contributed by atoms with Gasteiger partial charge < -0.3 is 10.2 Å². The number of nitrogens with zero attached hydrogens (tertiary/aromatic N) is 3. The van der Waals surface area contributed by atoms with Gasteiger partial charge in [-0.2, -0.15) is 0 Å². The highest BCUT2D eigenvalue weighted by molar-refractivity contribution is 5.92. The van der Waals surface area contributed by atoms with Crippen molar-refractivity contribution >= 4 is 17.5 Å². The summed E-state index contributed by atoms with van der Waals surface area (Å²) in [5.41, 5.74) is 4.33. The van der Waals surface area contributed by atoms with Crippen molar-refractivity contribution in [2.45, 2.75) is 38.5 Å². The first-order valence-electron chi connectivity index (χ1n) is 9.46. The normalized spacial score (nSPS) is 16.2. The van der Waals surface area contributed by atoms with Crippen LogP contribution in [0.1, 0.15) is 48.2 Å². The number of rotatable bonds is 5. The molecule has 0 spiro atoms. The van der Waals surface area contributed by atoms with E-state index in [9.17, 15) is 4.79 Å². The SMILES string of the molecule is O=C(NCCC1=CCCCC1)c1ccnc(N2CCc3ccccc32)n1. The van der Waals surface area contributed by atoms with Crippen LogP contribution in [0.4, 0.5) is 11.6 Å². The highest BCUT2D eigenvalue weighted by Gasteiger charge is 2.22. The molecule has 1 aliphatic heterocycles. The van der Waals surface area contributed by atoms with Crippen LogP contribution in [0.5, 0.6) is 0 Å². The zero-order valence-electron chi connectivity index (χ0n) is 14.9. The fourth-order valence-electron chi connectivity index (χ4n) is 3.71. The lowest BCUT2D eigenvalue weighted by Gasteiger charge is -2.17. The molecular formula is C21H24N4O. The molecule has 0 bridgehead atoms. The number of anilines is 2. The highest BCUT2D eigenvalue weighted by Crippen LogP contribution is 2.32. The van der Waals surface area contributed by atoms with Crippen molar-refractivity contribution in [3.05, 3.63) is 59.4 Å². The number of carbonyl (C=O) groups is 1. The van der Waals surface area contributed by atoms with Gasteiger partial charge in [0.2, 0.25) is 5.95 Å². The zero-order valence-corrected chi connectivity index (χ0v) is 14.9. The summed E-state index contributed by atoms with van der Waals surface area (Å²) < 4.78 is 0. The minimum Gasteiger partial charge on any atom is -0.350 e. The Morgan fingerprint density at radius 2 is 2.08 bits per heavy atom. The molecule has 26 heavy (non-hydrogen) atoms. The molecule has 0 atom stereocenters. The quantitative estimate of drug-likeness (QED) is 0.835. The monoisotopic (exact) mass is 348 g/mol. The predicted octanol–water partition coefficient (Wildman–Crippen LogP) is 3.79. The van der Waals surface area contributed by atoms with E-state index < -0.39 is 0 Å². The van der Waals surface area contributed by atoms with Gasteiger partial charge >= 0.3 is 0 Å². The van der Waals surface area contributed by atoms with E-state index in [2.05, 4.69) is 44.5 Å². The molecule has 5 heteroatoms. The molecule has 0 saturated carbocycles. The Labute approximate surface area is 154 Å². The van der Waals surface area contributed by atoms with E-state index in [1.165, 1.54) is 36.8 Å². The first-order chi connectivity index (χ1) is 12.8. The summed E-state index contributed by atoms with van der Waals surface area (Å²) in [6.07, 6.45) is 10.8. The van der Waals surface area contributed by atoms with Gasteiger partial charge in [0.15, 0.2) is 0 Å². The highest BCUT2D eigenvalue weighted by atomic mass is 16.1. The van der Waals surface area contributed by atoms with E-state index in [0.717, 1.165) is 25.1 Å². The van der Waals surface area contributed by atoms with E-state index in [4.69, 9.17) is 0 Å². The summed E-state index contributed by atoms with van der Waals surface area (Å²) in [6, 6.07) is 9.96. The first kappa shape index (κ1) is 16.8. The largest absolute Gasteiger partial charge is 0.350 e. The molecule has 2 aromatic rings. The molecule has 1 aliphatic carbocycles. The molecular weight excluding hydrogens is 324 g/mol. The van der Waals surface area contributed by atoms with Crippen LogP contribution in [-0.2, 0) is 6.42 Å². The minimum absolute atomic E-state index is 0.127. The lowest BCUT2D eigenvalue weighted by molar-refractivity contribution is 0.0949. The van der Waals surface area contributed by atoms with Crippen molar-refractivity contribution in [1.29, 1.82) is 0 Å². The first-order valence-corrected chi connectivity index (χ1v) is 9.46. The number of amides is 1. The molecule has 2 aliphatic rings. The summed E-state index contributed by atoms with van der Waals surface area (Å²) in [5, 5.41) is 2.99. The van der Waals surface area contributed by atoms with Gasteiger partial charge in [0, 0.05) is 25.0 Å². The summed E-state index contributed by atoms with van der Waals surface area (Å²) in [4.78, 5) is 23.4. The Kier molecular flexibility index (Phi) is 4.95. The van der Waals surface area contributed by atoms with Crippen LogP contribution < -0.4 is 10.2 Å². The molecule has 2 heterocycles. The van der Waals surface area contributed by atoms with Gasteiger partial charge in [0.25, 0.3) is 5.91 Å². The Bertz CT molecular complexity index is 830. The summed E-state index contributed by atoms with van der Waals surface area (Å²) in [6.45, 7) is 1.51. The average Bonchev–Trinajstić information content (AvgIpc) is 3.13. The average molecular weight is 348 g/mol. The molecule has 0 unspecified atom stereocenters. The summed E-state index contributed by atoms with van der Waals surface area (Å²) >= 11 is 0. The molecule has 134 valence electrons. The third kappa shape index (κ3) is 3.62. The smallest absolute Gasteiger partial charge is 0.270 e. The fourth-order valence-corrected chi connectivity index (χ4v) is 3.71. The Hall–Kier alpha value is -2.69. The number of fused-ring (bicyclic) bond motifs is 1. The van der Waals surface area contributed by atoms with Gasteiger partial charge in [0.1, 0.15) is 5.69 Å². The number of hydrogen-bond acceptors (Lipinski definition) is 4. The van der Waals surface area contributed by atoms with Crippen LogP contribution in [0.15, 0.2) is 48.2 Å². The van der Waals surface area contributed by atoms with E-state index in [1.807, 2.05) is 6.07 Å². The van der Waals surface area contributed by atoms with Crippen molar-refractivity contribution in [1.82, 2.24) is 15.3 Å². The number of para-hydroxylation sites is 1. The molecule has 4 rings (SSSR count). The molecule has 5 nitrogen and oxygen atoms in total. The Morgan fingerprint density at radius 1 is 1.15 bits per heavy atom. The maximum absolute atomic E-state index is 12.5. The molecule has 1 aromatic heterocycles. The predicted molar refractivity (Wildman–Crippen MR) is 103 cm³/mol. The number of nitrogens with one attached hydrogen (secondary N) is 1. The van der Waals surface area contributed by atoms with Crippen molar-refractivity contribution in [3.63, 3.8) is 0 Å². The zero-order chi connectivity index (χ0) is 17.8. The molecule has 1 aromatic carbocycles. The maximum Gasteiger partial charge on any atom is 0.270 e. The number of carbonyl (C=O) groups excluding carboxylic acids is 1. The van der Waals surface area contributed by atoms with Gasteiger partial charge in [-0.3, -0.25) is 4.79 Å². The lowest BCUT2D eigenvalue weighted by atomic mass is 9.97. The van der Waals surface area contributed by atoms with Crippen molar-refractivity contribution in [3.8, 4) is 0 Å². The van der Waals surface area contributed by atoms with Crippen molar-refractivity contribution in [2.75, 3.05) is 18.0 Å². The Balaban J connectivity index is 1.41. The van der Waals surface area contributed by atoms with Gasteiger partial charge in [-0.25, -0.2) is 9.97 Å². The second kappa shape index (κ2) is 7.68. The van der Waals surface area contributed by atoms with Crippen LogP contribution in [0.2, 0.25) is 0 Å². The lowest BCUT2D eigenvalue weighted by Crippen LogP contribution is -2.27. The fraction of sp³-hybridized carbons (Fsp3) is 0.381. The summed E-state index contributed by atoms with van der Waals surface area (Å²) in [5.74, 6) is 0.468. The van der Waals surface area contributed by atoms with Crippen molar-refractivity contribution in [2.24, 2.45) is 0 Å². The van der Waals surface area contributed by atoms with E-state index >= 15 is 0 Å². The maximum atomic E-state index is 12.5. The van der Waals surface area contributed by atoms with Crippen LogP contribution >= 0.6 is 0 Å². The summed E-state index contributed by atoms with van der Waals surface area (Å²) in [7, 11) is 0. The third-order valence-electron chi connectivity index (χ3n) is 5.12. The van der Waals surface area contributed by atoms with E-state index in [-0.39, 0.29) is 5.91 Å². The molecule has 0 saturated heterocycles. The molecule has 0 radical (unpaired) electrons. The van der Waals surface area contributed by atoms with Crippen LogP contribution in [0, 0.1) is 0 Å². The van der Waals surface area contributed by atoms with Gasteiger partial charge in [-0.15, -0.1) is 0 Å². The van der Waals surface area contributed by atoms with E-state index in [1.54, 1.807) is 12.3 Å². The topological polar surface area (TPSA) is 58.1 Å². The van der Waals surface area contributed by atoms with Gasteiger partial charge in [-0.05, 0) is 56.2 Å². The van der Waals surface area contributed by atoms with Crippen molar-refractivity contribution < 1.29 is 4.79 Å². The Morgan fingerprint density at radius 3 is 2.96 bits per heavy atom. The third-order valence-corrected chi connectivity index (χ3v) is 5.12. The van der Waals surface area contributed by atoms with Gasteiger partial charge in [-0.1, -0.05) is 29.8 Å². The number of benzene rings is 1. The molecule has 1 amide bonds. The second-order valence-corrected chi connectivity index (χ2v) is 6.89. The van der Waals surface area contributed by atoms with Crippen LogP contribution in [-0.4, -0.2) is 29.0 Å². The number of hydrogen-bond donors (Lipinski definition) is 1. The molecule has 1 N–H and O–H groups in total. The minimum atomic E-state index is -0.127. The number of aromatic nitrogens is 2. The second-order valence-electron chi connectivity index (χ2n) is 6.89. The molecule has 0 fully saturated rings. The van der Waals surface area contributed by atoms with Crippen LogP contribution in [0.3, 0.4) is 0 Å². The standard InChI is InChI=1S/C21H24N4O/c26-20(22-13-10-16-6-2-1-3-7-16)18-11-14-23-21(24-18)25-15-12-17-8-4-5-9-19(17)25/h4-6,8-9,11,14H,1-3,7,10,12-13,15H2,(H,22,26).